The Morgan fingerprint density at radius 3 is 1.28 bits per heavy atom. The molecule has 25 heavy (non-hydrogen) atoms. The third kappa shape index (κ3) is 14.4. The van der Waals surface area contributed by atoms with Crippen molar-refractivity contribution in [2.75, 3.05) is 13.2 Å². The zero-order chi connectivity index (χ0) is 20.0. The Kier molecular flexibility index (Phi) is 13.2. The Morgan fingerprint density at radius 2 is 1.16 bits per heavy atom. The number of aliphatic hydroxyl groups excluding tert-OH is 2. The fraction of sp³-hybridized carbons (Fsp3) is 0.429. The van der Waals surface area contributed by atoms with Gasteiger partial charge in [-0.15, -0.1) is 0 Å². The van der Waals surface area contributed by atoms with Gasteiger partial charge >= 0.3 is 23.9 Å². The molecule has 0 aromatic carbocycles. The molecular weight excluding hydrogens is 344 g/mol. The highest BCUT2D eigenvalue weighted by Crippen LogP contribution is 2.06. The van der Waals surface area contributed by atoms with E-state index in [4.69, 9.17) is 30.6 Å². The van der Waals surface area contributed by atoms with E-state index < -0.39 is 23.9 Å². The van der Waals surface area contributed by atoms with Gasteiger partial charge < -0.3 is 35.1 Å². The van der Waals surface area contributed by atoms with Crippen LogP contribution < -0.4 is 0 Å². The van der Waals surface area contributed by atoms with Crippen LogP contribution in [0.25, 0.3) is 0 Å². The molecule has 11 nitrogen and oxygen atoms in total. The Balaban J connectivity index is 0. The van der Waals surface area contributed by atoms with Crippen LogP contribution in [0.5, 0.6) is 0 Å². The summed E-state index contributed by atoms with van der Waals surface area (Å²) in [6.07, 6.45) is -0.593. The predicted octanol–water partition coefficient (Wildman–Crippen LogP) is 0.219. The summed E-state index contributed by atoms with van der Waals surface area (Å²) in [5.74, 6) is -5.41. The molecule has 1 heterocycles. The minimum atomic E-state index is -1.28. The van der Waals surface area contributed by atoms with Gasteiger partial charge in [-0.05, 0) is 12.1 Å². The molecule has 0 atom stereocenters. The number of furan rings is 1. The molecule has 0 saturated carbocycles. The largest absolute Gasteiger partial charge is 0.481 e. The maximum atomic E-state index is 10.2. The predicted molar refractivity (Wildman–Crippen MR) is 80.5 cm³/mol. The molecule has 0 unspecified atom stereocenters. The van der Waals surface area contributed by atoms with E-state index in [9.17, 15) is 19.2 Å². The first-order valence-electron chi connectivity index (χ1n) is 6.76. The second kappa shape index (κ2) is 13.5. The van der Waals surface area contributed by atoms with Crippen LogP contribution in [0.1, 0.15) is 40.9 Å². The molecule has 0 aliphatic rings. The first-order chi connectivity index (χ1) is 11.5. The van der Waals surface area contributed by atoms with Crippen LogP contribution in [0.3, 0.4) is 0 Å². The maximum Gasteiger partial charge on any atom is 0.371 e. The summed E-state index contributed by atoms with van der Waals surface area (Å²) in [6.45, 7) is 1.94. The van der Waals surface area contributed by atoms with E-state index in [0.717, 1.165) is 12.1 Å². The lowest BCUT2D eigenvalue weighted by Crippen LogP contribution is -2.04. The van der Waals surface area contributed by atoms with Gasteiger partial charge in [-0.2, -0.15) is 0 Å². The monoisotopic (exact) mass is 364 g/mol. The van der Waals surface area contributed by atoms with Crippen molar-refractivity contribution in [3.8, 4) is 0 Å². The van der Waals surface area contributed by atoms with Crippen LogP contribution in [0.4, 0.5) is 0 Å². The lowest BCUT2D eigenvalue weighted by atomic mass is 10.2. The van der Waals surface area contributed by atoms with Gasteiger partial charge in [0.05, 0.1) is 12.8 Å². The van der Waals surface area contributed by atoms with Crippen molar-refractivity contribution in [2.45, 2.75) is 19.8 Å². The number of rotatable bonds is 7. The van der Waals surface area contributed by atoms with E-state index in [2.05, 4.69) is 4.42 Å². The van der Waals surface area contributed by atoms with Crippen LogP contribution in [-0.2, 0) is 9.59 Å². The summed E-state index contributed by atoms with van der Waals surface area (Å²) in [7, 11) is 0. The summed E-state index contributed by atoms with van der Waals surface area (Å²) < 4.78 is 4.41. The lowest BCUT2D eigenvalue weighted by Gasteiger charge is -1.97. The molecule has 0 radical (unpaired) electrons. The van der Waals surface area contributed by atoms with Gasteiger partial charge in [-0.25, -0.2) is 9.59 Å². The number of hydrogen-bond donors (Lipinski definition) is 6. The molecule has 0 bridgehead atoms. The summed E-state index contributed by atoms with van der Waals surface area (Å²) in [4.78, 5) is 39.6. The number of carbonyl (C=O) groups is 4. The minimum Gasteiger partial charge on any atom is -0.481 e. The molecule has 6 N–H and O–H groups in total. The molecule has 0 saturated heterocycles. The molecule has 0 aliphatic carbocycles. The van der Waals surface area contributed by atoms with E-state index in [-0.39, 0.29) is 43.5 Å². The van der Waals surface area contributed by atoms with Gasteiger partial charge in [0.25, 0.3) is 0 Å². The topological polar surface area (TPSA) is 203 Å². The first kappa shape index (κ1) is 24.3. The van der Waals surface area contributed by atoms with Gasteiger partial charge in [0.15, 0.2) is 0 Å². The Morgan fingerprint density at radius 1 is 0.840 bits per heavy atom. The molecule has 142 valence electrons. The molecule has 0 fully saturated rings. The highest BCUT2D eigenvalue weighted by molar-refractivity contribution is 5.88. The molecule has 11 heteroatoms. The standard InChI is InChI=1S/C6H4O5.C4H6O4.C4H10O2/c7-5(8)3-1-2-4(11-3)6(9)10;5-3(6)1-2-4(7)8;1-4(2-5)3-6/h1-2H,(H,7,8)(H,9,10);1-2H2,(H,5,6)(H,7,8);4-6H,2-3H2,1H3. The number of carboxylic acid groups (broad SMARTS) is 4. The fourth-order valence-corrected chi connectivity index (χ4v) is 0.839. The van der Waals surface area contributed by atoms with Crippen molar-refractivity contribution in [1.29, 1.82) is 0 Å². The number of hydrogen-bond acceptors (Lipinski definition) is 7. The average Bonchev–Trinajstić information content (AvgIpc) is 3.04. The highest BCUT2D eigenvalue weighted by Gasteiger charge is 2.12. The van der Waals surface area contributed by atoms with Crippen LogP contribution in [0, 0.1) is 5.92 Å². The highest BCUT2D eigenvalue weighted by atomic mass is 16.4. The molecule has 0 spiro atoms. The van der Waals surface area contributed by atoms with Gasteiger partial charge in [0, 0.05) is 19.1 Å². The number of carboxylic acids is 4. The van der Waals surface area contributed by atoms with Crippen molar-refractivity contribution < 1.29 is 54.2 Å². The number of aromatic carboxylic acids is 2. The van der Waals surface area contributed by atoms with Gasteiger partial charge in [0.1, 0.15) is 0 Å². The lowest BCUT2D eigenvalue weighted by molar-refractivity contribution is -0.143. The second-order valence-electron chi connectivity index (χ2n) is 4.53. The first-order valence-corrected chi connectivity index (χ1v) is 6.76. The van der Waals surface area contributed by atoms with E-state index in [1.54, 1.807) is 6.92 Å². The number of aliphatic hydroxyl groups is 2. The average molecular weight is 364 g/mol. The summed E-state index contributed by atoms with van der Waals surface area (Å²) in [5, 5.41) is 48.7. The Labute approximate surface area is 141 Å². The SMILES string of the molecule is CC(CO)CO.O=C(O)CCC(=O)O.O=C(O)c1ccc(C(=O)O)o1. The van der Waals surface area contributed by atoms with Crippen LogP contribution in [0.2, 0.25) is 0 Å². The molecule has 1 aromatic heterocycles. The van der Waals surface area contributed by atoms with Crippen LogP contribution >= 0.6 is 0 Å². The zero-order valence-electron chi connectivity index (χ0n) is 13.3. The Hall–Kier alpha value is -2.92. The molecule has 1 aromatic rings. The van der Waals surface area contributed by atoms with E-state index in [1.807, 2.05) is 0 Å². The third-order valence-corrected chi connectivity index (χ3v) is 2.20. The number of aliphatic carboxylic acids is 2. The second-order valence-corrected chi connectivity index (χ2v) is 4.53. The van der Waals surface area contributed by atoms with Crippen LogP contribution in [0.15, 0.2) is 16.5 Å². The zero-order valence-corrected chi connectivity index (χ0v) is 13.3. The van der Waals surface area contributed by atoms with Crippen LogP contribution in [-0.4, -0.2) is 67.7 Å². The van der Waals surface area contributed by atoms with E-state index in [0.29, 0.717) is 0 Å². The van der Waals surface area contributed by atoms with Crippen molar-refractivity contribution >= 4 is 23.9 Å². The van der Waals surface area contributed by atoms with Gasteiger partial charge in [-0.1, -0.05) is 6.92 Å². The van der Waals surface area contributed by atoms with Crippen molar-refractivity contribution in [1.82, 2.24) is 0 Å². The Bertz CT molecular complexity index is 514. The fourth-order valence-electron chi connectivity index (χ4n) is 0.839. The van der Waals surface area contributed by atoms with Crippen molar-refractivity contribution in [3.63, 3.8) is 0 Å². The normalized spacial score (nSPS) is 9.28. The van der Waals surface area contributed by atoms with Crippen molar-refractivity contribution in [3.05, 3.63) is 23.7 Å². The molecule has 0 aliphatic heterocycles. The summed E-state index contributed by atoms with van der Waals surface area (Å²) in [6, 6.07) is 2.18. The maximum absolute atomic E-state index is 10.2. The third-order valence-electron chi connectivity index (χ3n) is 2.20. The van der Waals surface area contributed by atoms with Gasteiger partial charge in [0.2, 0.25) is 11.5 Å². The summed E-state index contributed by atoms with van der Waals surface area (Å²) in [5.41, 5.74) is 0. The smallest absolute Gasteiger partial charge is 0.371 e. The molecule has 0 amide bonds. The van der Waals surface area contributed by atoms with E-state index >= 15 is 0 Å². The minimum absolute atomic E-state index is 0.0463. The molecular formula is C14H20O11. The quantitative estimate of drug-likeness (QED) is 0.386. The van der Waals surface area contributed by atoms with Gasteiger partial charge in [-0.3, -0.25) is 9.59 Å². The van der Waals surface area contributed by atoms with Crippen molar-refractivity contribution in [2.24, 2.45) is 5.92 Å². The molecule has 1 rings (SSSR count). The summed E-state index contributed by atoms with van der Waals surface area (Å²) >= 11 is 0. The van der Waals surface area contributed by atoms with E-state index in [1.165, 1.54) is 0 Å².